The Morgan fingerprint density at radius 3 is 2.79 bits per heavy atom. The third kappa shape index (κ3) is 2.69. The van der Waals surface area contributed by atoms with E-state index in [9.17, 15) is 14.8 Å². The number of nitrogens with zero attached hydrogens (tertiary/aromatic N) is 2. The van der Waals surface area contributed by atoms with Gasteiger partial charge in [0.2, 0.25) is 17.9 Å². The molecule has 0 saturated carbocycles. The number of aromatic nitrogens is 2. The van der Waals surface area contributed by atoms with Gasteiger partial charge < -0.3 is 19.2 Å². The molecule has 8 nitrogen and oxygen atoms in total. The van der Waals surface area contributed by atoms with Crippen molar-refractivity contribution >= 4 is 17.0 Å². The summed E-state index contributed by atoms with van der Waals surface area (Å²) in [5, 5.41) is 12.5. The van der Waals surface area contributed by atoms with Gasteiger partial charge in [-0.15, -0.1) is 4.73 Å². The number of para-hydroxylation sites is 2. The number of benzene rings is 1. The molecule has 2 aromatic heterocycles. The zero-order valence-corrected chi connectivity index (χ0v) is 12.8. The quantitative estimate of drug-likeness (QED) is 0.391. The van der Waals surface area contributed by atoms with Gasteiger partial charge >= 0.3 is 17.2 Å². The zero-order valence-electron chi connectivity index (χ0n) is 12.8. The summed E-state index contributed by atoms with van der Waals surface area (Å²) in [6, 6.07) is 9.45. The van der Waals surface area contributed by atoms with Crippen LogP contribution in [0.3, 0.4) is 0 Å². The minimum absolute atomic E-state index is 0.106. The second kappa shape index (κ2) is 6.45. The predicted molar refractivity (Wildman–Crippen MR) is 83.0 cm³/mol. The van der Waals surface area contributed by atoms with E-state index in [4.69, 9.17) is 14.0 Å². The Labute approximate surface area is 136 Å². The molecule has 124 valence electrons. The maximum Gasteiger partial charge on any atom is 0.361 e. The topological polar surface area (TPSA) is 97.6 Å². The Hall–Kier alpha value is -3.29. The van der Waals surface area contributed by atoms with Crippen LogP contribution in [-0.4, -0.2) is 23.9 Å². The summed E-state index contributed by atoms with van der Waals surface area (Å²) in [6.45, 7) is 1.40. The second-order valence-corrected chi connectivity index (χ2v) is 4.79. The van der Waals surface area contributed by atoms with Gasteiger partial charge in [0.25, 0.3) is 0 Å². The van der Waals surface area contributed by atoms with Crippen LogP contribution < -0.4 is 15.1 Å². The van der Waals surface area contributed by atoms with E-state index in [1.165, 1.54) is 12.3 Å². The summed E-state index contributed by atoms with van der Waals surface area (Å²) in [7, 11) is 0. The maximum absolute atomic E-state index is 12.7. The molecule has 0 aliphatic heterocycles. The molecule has 3 aromatic rings. The molecule has 0 aliphatic rings. The Balaban J connectivity index is 2.16. The van der Waals surface area contributed by atoms with Gasteiger partial charge in [0.05, 0.1) is 12.9 Å². The van der Waals surface area contributed by atoms with Gasteiger partial charge in [-0.3, -0.25) is 4.79 Å². The molecule has 0 bridgehead atoms. The number of rotatable bonds is 5. The first-order chi connectivity index (χ1) is 11.6. The largest absolute Gasteiger partial charge is 0.618 e. The van der Waals surface area contributed by atoms with Gasteiger partial charge in [-0.2, -0.15) is 4.73 Å². The van der Waals surface area contributed by atoms with Crippen molar-refractivity contribution in [3.63, 3.8) is 0 Å². The summed E-state index contributed by atoms with van der Waals surface area (Å²) in [5.41, 5.74) is -0.532. The van der Waals surface area contributed by atoms with Crippen molar-refractivity contribution in [1.29, 1.82) is 0 Å². The lowest BCUT2D eigenvalue weighted by Gasteiger charge is -2.12. The molecule has 24 heavy (non-hydrogen) atoms. The van der Waals surface area contributed by atoms with Crippen LogP contribution in [0.5, 0.6) is 0 Å². The van der Waals surface area contributed by atoms with Gasteiger partial charge in [0.1, 0.15) is 0 Å². The highest BCUT2D eigenvalue weighted by Crippen LogP contribution is 2.15. The number of furan rings is 1. The predicted octanol–water partition coefficient (Wildman–Crippen LogP) is 0.887. The van der Waals surface area contributed by atoms with Gasteiger partial charge in [0.15, 0.2) is 5.52 Å². The fourth-order valence-corrected chi connectivity index (χ4v) is 2.29. The minimum Gasteiger partial charge on any atom is -0.618 e. The van der Waals surface area contributed by atoms with E-state index in [1.54, 1.807) is 37.3 Å². The highest BCUT2D eigenvalue weighted by atomic mass is 16.7. The molecule has 0 saturated heterocycles. The van der Waals surface area contributed by atoms with E-state index in [1.807, 2.05) is 0 Å². The van der Waals surface area contributed by atoms with E-state index >= 15 is 0 Å². The minimum atomic E-state index is -0.733. The van der Waals surface area contributed by atoms with Crippen LogP contribution in [0.2, 0.25) is 0 Å². The number of hydrogen-bond acceptors (Lipinski definition) is 6. The zero-order chi connectivity index (χ0) is 17.1. The Morgan fingerprint density at radius 2 is 2.08 bits per heavy atom. The normalized spacial score (nSPS) is 10.7. The van der Waals surface area contributed by atoms with Crippen LogP contribution in [0.25, 0.3) is 22.5 Å². The van der Waals surface area contributed by atoms with Gasteiger partial charge in [-0.05, 0) is 25.1 Å². The van der Waals surface area contributed by atoms with Crippen molar-refractivity contribution in [2.45, 2.75) is 6.92 Å². The molecule has 0 N–H and O–H groups in total. The number of fused-ring (bicyclic) bond motifs is 1. The molecule has 0 fully saturated rings. The lowest BCUT2D eigenvalue weighted by atomic mass is 10.2. The molecule has 8 heteroatoms. The molecule has 3 rings (SSSR count). The summed E-state index contributed by atoms with van der Waals surface area (Å²) < 4.78 is 11.3. The monoisotopic (exact) mass is 330 g/mol. The molecular formula is C16H14N2O6. The summed E-state index contributed by atoms with van der Waals surface area (Å²) >= 11 is 0. The lowest BCUT2D eigenvalue weighted by molar-refractivity contribution is -0.567. The maximum atomic E-state index is 12.7. The molecule has 0 amide bonds. The molecule has 0 radical (unpaired) electrons. The average molecular weight is 330 g/mol. The first kappa shape index (κ1) is 15.6. The fourth-order valence-electron chi connectivity index (χ4n) is 2.29. The number of carbonyl (C=O) groups is 1. The molecule has 0 atom stereocenters. The van der Waals surface area contributed by atoms with Crippen molar-refractivity contribution < 1.29 is 23.5 Å². The molecule has 0 unspecified atom stereocenters. The number of ether oxygens (including phenoxy) is 1. The number of hydrogen-bond donors (Lipinski definition) is 0. The molecule has 2 heterocycles. The van der Waals surface area contributed by atoms with E-state index in [2.05, 4.69) is 0 Å². The first-order valence-corrected chi connectivity index (χ1v) is 7.23. The summed E-state index contributed by atoms with van der Waals surface area (Å²) in [6.07, 6.45) is 1.35. The van der Waals surface area contributed by atoms with E-state index in [-0.39, 0.29) is 29.1 Å². The molecular weight excluding hydrogens is 316 g/mol. The summed E-state index contributed by atoms with van der Waals surface area (Å²) in [5.74, 6) is -0.513. The van der Waals surface area contributed by atoms with Crippen LogP contribution in [0.1, 0.15) is 6.92 Å². The highest BCUT2D eigenvalue weighted by molar-refractivity contribution is 5.73. The third-order valence-corrected chi connectivity index (χ3v) is 3.28. The van der Waals surface area contributed by atoms with Gasteiger partial charge in [0, 0.05) is 6.07 Å². The molecule has 1 aromatic carbocycles. The van der Waals surface area contributed by atoms with E-state index < -0.39 is 18.1 Å². The van der Waals surface area contributed by atoms with E-state index in [0.29, 0.717) is 4.73 Å². The second-order valence-electron chi connectivity index (χ2n) is 4.79. The SMILES string of the molecule is CCOC(=O)COn1c(=O)c(-c2ccco2)[n+]([O-])c2ccccc21. The van der Waals surface area contributed by atoms with Crippen LogP contribution in [0.15, 0.2) is 51.9 Å². The Kier molecular flexibility index (Phi) is 4.19. The van der Waals surface area contributed by atoms with Crippen LogP contribution in [0.4, 0.5) is 0 Å². The average Bonchev–Trinajstić information content (AvgIpc) is 3.09. The van der Waals surface area contributed by atoms with Gasteiger partial charge in [-0.1, -0.05) is 12.1 Å². The molecule has 0 spiro atoms. The number of esters is 1. The van der Waals surface area contributed by atoms with Crippen LogP contribution in [-0.2, 0) is 9.53 Å². The van der Waals surface area contributed by atoms with Crippen molar-refractivity contribution in [2.24, 2.45) is 0 Å². The van der Waals surface area contributed by atoms with E-state index in [0.717, 1.165) is 4.73 Å². The fraction of sp³-hybridized carbons (Fsp3) is 0.188. The van der Waals surface area contributed by atoms with Gasteiger partial charge in [-0.25, -0.2) is 4.79 Å². The summed E-state index contributed by atoms with van der Waals surface area (Å²) in [4.78, 5) is 29.5. The number of carbonyl (C=O) groups excluding carboxylic acids is 1. The van der Waals surface area contributed by atoms with Crippen molar-refractivity contribution in [2.75, 3.05) is 13.2 Å². The van der Waals surface area contributed by atoms with Crippen LogP contribution in [0, 0.1) is 5.21 Å². The third-order valence-electron chi connectivity index (χ3n) is 3.28. The van der Waals surface area contributed by atoms with Crippen LogP contribution >= 0.6 is 0 Å². The van der Waals surface area contributed by atoms with Crippen molar-refractivity contribution in [3.05, 3.63) is 58.2 Å². The highest BCUT2D eigenvalue weighted by Gasteiger charge is 2.25. The molecule has 0 aliphatic carbocycles. The smallest absolute Gasteiger partial charge is 0.361 e. The van der Waals surface area contributed by atoms with Crippen molar-refractivity contribution in [3.8, 4) is 11.5 Å². The Bertz CT molecular complexity index is 930. The Morgan fingerprint density at radius 1 is 1.29 bits per heavy atom. The standard InChI is InChI=1S/C16H14N2O6/c1-2-22-14(19)10-24-18-12-7-4-3-6-11(12)17(21)15(16(18)20)13-8-5-9-23-13/h3-9H,2,10H2,1H3. The first-order valence-electron chi connectivity index (χ1n) is 7.23. The lowest BCUT2D eigenvalue weighted by Crippen LogP contribution is -2.43. The van der Waals surface area contributed by atoms with Crippen molar-refractivity contribution in [1.82, 2.24) is 4.73 Å².